The van der Waals surface area contributed by atoms with Crippen LogP contribution in [0.2, 0.25) is 0 Å². The molecule has 3 aromatic rings. The van der Waals surface area contributed by atoms with Gasteiger partial charge in [0.25, 0.3) is 5.91 Å². The molecule has 8 nitrogen and oxygen atoms in total. The summed E-state index contributed by atoms with van der Waals surface area (Å²) >= 11 is 0. The molecule has 0 saturated carbocycles. The van der Waals surface area contributed by atoms with E-state index < -0.39 is 0 Å². The van der Waals surface area contributed by atoms with Gasteiger partial charge in [0.1, 0.15) is 17.3 Å². The highest BCUT2D eigenvalue weighted by Crippen LogP contribution is 2.26. The number of aromatic amines is 1. The van der Waals surface area contributed by atoms with E-state index in [0.717, 1.165) is 36.3 Å². The van der Waals surface area contributed by atoms with Gasteiger partial charge in [-0.1, -0.05) is 30.3 Å². The van der Waals surface area contributed by atoms with Gasteiger partial charge in [0.2, 0.25) is 0 Å². The van der Waals surface area contributed by atoms with E-state index in [1.54, 1.807) is 12.4 Å². The number of benzene rings is 1. The first-order valence-electron chi connectivity index (χ1n) is 8.95. The third-order valence-electron chi connectivity index (χ3n) is 4.78. The highest BCUT2D eigenvalue weighted by Gasteiger charge is 2.24. The standard InChI is InChI=1S/C19H21N7O/c20-9-14-7-4-8-26(14)17-12-21-16(11-22-17)19(27)24-18-15(10-23-25-18)13-5-2-1-3-6-13/h1-3,5-6,10-12,14H,4,7-9,20H2,(H2,23,24,25,27). The average Bonchev–Trinajstić information content (AvgIpc) is 3.38. The molecule has 4 rings (SSSR count). The van der Waals surface area contributed by atoms with E-state index in [-0.39, 0.29) is 17.6 Å². The monoisotopic (exact) mass is 363 g/mol. The Morgan fingerprint density at radius 1 is 1.22 bits per heavy atom. The van der Waals surface area contributed by atoms with Gasteiger partial charge < -0.3 is 16.0 Å². The van der Waals surface area contributed by atoms with Gasteiger partial charge in [-0.3, -0.25) is 9.89 Å². The zero-order chi connectivity index (χ0) is 18.6. The van der Waals surface area contributed by atoms with Crippen LogP contribution in [0.1, 0.15) is 23.3 Å². The van der Waals surface area contributed by atoms with E-state index in [1.807, 2.05) is 30.3 Å². The summed E-state index contributed by atoms with van der Waals surface area (Å²) in [7, 11) is 0. The third kappa shape index (κ3) is 3.52. The summed E-state index contributed by atoms with van der Waals surface area (Å²) in [5, 5.41) is 9.68. The number of rotatable bonds is 5. The molecular formula is C19H21N7O. The molecule has 0 spiro atoms. The van der Waals surface area contributed by atoms with Crippen molar-refractivity contribution in [2.75, 3.05) is 23.3 Å². The Balaban J connectivity index is 1.49. The van der Waals surface area contributed by atoms with Crippen LogP contribution in [0.4, 0.5) is 11.6 Å². The molecule has 3 heterocycles. The fourth-order valence-electron chi connectivity index (χ4n) is 3.36. The number of carbonyl (C=O) groups is 1. The van der Waals surface area contributed by atoms with Crippen LogP contribution in [0, 0.1) is 0 Å². The molecule has 1 aliphatic heterocycles. The second-order valence-electron chi connectivity index (χ2n) is 6.46. The van der Waals surface area contributed by atoms with Gasteiger partial charge in [0.05, 0.1) is 18.6 Å². The molecule has 1 atom stereocenters. The van der Waals surface area contributed by atoms with Gasteiger partial charge in [-0.2, -0.15) is 5.10 Å². The van der Waals surface area contributed by atoms with E-state index in [0.29, 0.717) is 12.4 Å². The van der Waals surface area contributed by atoms with Crippen molar-refractivity contribution >= 4 is 17.5 Å². The topological polar surface area (TPSA) is 113 Å². The first-order chi connectivity index (χ1) is 13.3. The van der Waals surface area contributed by atoms with Crippen molar-refractivity contribution in [3.63, 3.8) is 0 Å². The Kier molecular flexibility index (Phi) is 4.80. The predicted molar refractivity (Wildman–Crippen MR) is 103 cm³/mol. The summed E-state index contributed by atoms with van der Waals surface area (Å²) in [6, 6.07) is 10.0. The number of H-pyrrole nitrogens is 1. The van der Waals surface area contributed by atoms with Crippen molar-refractivity contribution in [1.29, 1.82) is 0 Å². The van der Waals surface area contributed by atoms with E-state index in [2.05, 4.69) is 30.4 Å². The molecule has 0 bridgehead atoms. The zero-order valence-corrected chi connectivity index (χ0v) is 14.8. The number of nitrogens with zero attached hydrogens (tertiary/aromatic N) is 4. The number of aromatic nitrogens is 4. The quantitative estimate of drug-likeness (QED) is 0.639. The summed E-state index contributed by atoms with van der Waals surface area (Å²) in [6.45, 7) is 1.50. The lowest BCUT2D eigenvalue weighted by molar-refractivity contribution is 0.102. The van der Waals surface area contributed by atoms with Crippen LogP contribution in [0.3, 0.4) is 0 Å². The van der Waals surface area contributed by atoms with Crippen LogP contribution >= 0.6 is 0 Å². The Bertz CT molecular complexity index is 907. The van der Waals surface area contributed by atoms with Gasteiger partial charge in [-0.05, 0) is 18.4 Å². The highest BCUT2D eigenvalue weighted by atomic mass is 16.2. The maximum absolute atomic E-state index is 12.6. The van der Waals surface area contributed by atoms with Crippen molar-refractivity contribution < 1.29 is 4.79 Å². The number of hydrogen-bond donors (Lipinski definition) is 3. The second kappa shape index (κ2) is 7.55. The molecule has 4 N–H and O–H groups in total. The lowest BCUT2D eigenvalue weighted by Gasteiger charge is -2.24. The Labute approximate surface area is 156 Å². The first-order valence-corrected chi connectivity index (χ1v) is 8.95. The van der Waals surface area contributed by atoms with Gasteiger partial charge >= 0.3 is 0 Å². The lowest BCUT2D eigenvalue weighted by Crippen LogP contribution is -2.36. The van der Waals surface area contributed by atoms with Crippen LogP contribution in [0.15, 0.2) is 48.9 Å². The van der Waals surface area contributed by atoms with Crippen LogP contribution in [0.25, 0.3) is 11.1 Å². The molecule has 8 heteroatoms. The molecule has 1 fully saturated rings. The molecule has 0 radical (unpaired) electrons. The summed E-state index contributed by atoms with van der Waals surface area (Å²) in [6.07, 6.45) is 6.96. The number of anilines is 2. The lowest BCUT2D eigenvalue weighted by atomic mass is 10.1. The maximum Gasteiger partial charge on any atom is 0.277 e. The van der Waals surface area contributed by atoms with Gasteiger partial charge in [-0.25, -0.2) is 9.97 Å². The van der Waals surface area contributed by atoms with Crippen molar-refractivity contribution in [3.05, 3.63) is 54.6 Å². The Morgan fingerprint density at radius 2 is 2.07 bits per heavy atom. The summed E-state index contributed by atoms with van der Waals surface area (Å²) in [5.74, 6) is 0.943. The van der Waals surface area contributed by atoms with Crippen molar-refractivity contribution in [3.8, 4) is 11.1 Å². The van der Waals surface area contributed by atoms with Crippen LogP contribution in [0.5, 0.6) is 0 Å². The fourth-order valence-corrected chi connectivity index (χ4v) is 3.36. The minimum absolute atomic E-state index is 0.246. The largest absolute Gasteiger partial charge is 0.351 e. The van der Waals surface area contributed by atoms with E-state index >= 15 is 0 Å². The molecule has 138 valence electrons. The number of nitrogens with one attached hydrogen (secondary N) is 2. The van der Waals surface area contributed by atoms with Gasteiger partial charge in [0.15, 0.2) is 0 Å². The van der Waals surface area contributed by atoms with Crippen molar-refractivity contribution in [2.24, 2.45) is 5.73 Å². The Hall–Kier alpha value is -3.26. The number of hydrogen-bond acceptors (Lipinski definition) is 6. The van der Waals surface area contributed by atoms with Crippen LogP contribution in [-0.4, -0.2) is 45.2 Å². The molecule has 1 unspecified atom stereocenters. The zero-order valence-electron chi connectivity index (χ0n) is 14.8. The number of amides is 1. The van der Waals surface area contributed by atoms with Crippen LogP contribution < -0.4 is 16.0 Å². The van der Waals surface area contributed by atoms with E-state index in [4.69, 9.17) is 5.73 Å². The molecule has 1 aliphatic rings. The summed E-state index contributed by atoms with van der Waals surface area (Å²) in [4.78, 5) is 23.4. The first kappa shape index (κ1) is 17.2. The smallest absolute Gasteiger partial charge is 0.277 e. The molecular weight excluding hydrogens is 342 g/mol. The van der Waals surface area contributed by atoms with E-state index in [9.17, 15) is 4.79 Å². The fraction of sp³-hybridized carbons (Fsp3) is 0.263. The molecule has 1 aromatic carbocycles. The van der Waals surface area contributed by atoms with Crippen molar-refractivity contribution in [1.82, 2.24) is 20.2 Å². The number of carbonyl (C=O) groups excluding carboxylic acids is 1. The normalized spacial score (nSPS) is 16.5. The summed E-state index contributed by atoms with van der Waals surface area (Å²) in [5.41, 5.74) is 7.84. The molecule has 27 heavy (non-hydrogen) atoms. The summed E-state index contributed by atoms with van der Waals surface area (Å²) < 4.78 is 0. The van der Waals surface area contributed by atoms with Crippen LogP contribution in [-0.2, 0) is 0 Å². The average molecular weight is 363 g/mol. The maximum atomic E-state index is 12.6. The SMILES string of the molecule is NCC1CCCN1c1cnc(C(=O)Nc2[nH]ncc2-c2ccccc2)cn1. The second-order valence-corrected chi connectivity index (χ2v) is 6.46. The molecule has 2 aromatic heterocycles. The molecule has 1 amide bonds. The van der Waals surface area contributed by atoms with Gasteiger partial charge in [-0.15, -0.1) is 0 Å². The highest BCUT2D eigenvalue weighted by molar-refractivity contribution is 6.04. The van der Waals surface area contributed by atoms with Gasteiger partial charge in [0, 0.05) is 24.7 Å². The Morgan fingerprint density at radius 3 is 2.81 bits per heavy atom. The third-order valence-corrected chi connectivity index (χ3v) is 4.78. The predicted octanol–water partition coefficient (Wildman–Crippen LogP) is 2.05. The van der Waals surface area contributed by atoms with Crippen molar-refractivity contribution in [2.45, 2.75) is 18.9 Å². The molecule has 1 saturated heterocycles. The minimum atomic E-state index is -0.340. The number of nitrogens with two attached hydrogens (primary N) is 1. The van der Waals surface area contributed by atoms with E-state index in [1.165, 1.54) is 6.20 Å². The minimum Gasteiger partial charge on any atom is -0.351 e. The molecule has 0 aliphatic carbocycles.